The number of methoxy groups -OCH3 is 1. The number of guanidine groups is 1. The second kappa shape index (κ2) is 11.9. The molecule has 0 bridgehead atoms. The molecule has 5 nitrogen and oxygen atoms in total. The molecule has 0 saturated heterocycles. The molecule has 2 N–H and O–H groups in total. The average molecular weight is 355 g/mol. The highest BCUT2D eigenvalue weighted by atomic mass is 16.5. The summed E-state index contributed by atoms with van der Waals surface area (Å²) in [7, 11) is 3.47. The highest BCUT2D eigenvalue weighted by molar-refractivity contribution is 5.93. The molecule has 2 rings (SSSR count). The van der Waals surface area contributed by atoms with Gasteiger partial charge in [-0.1, -0.05) is 36.4 Å². The van der Waals surface area contributed by atoms with Crippen molar-refractivity contribution in [2.75, 3.05) is 39.2 Å². The Balaban J connectivity index is 1.74. The van der Waals surface area contributed by atoms with Crippen LogP contribution in [0.15, 0.2) is 59.6 Å². The zero-order valence-electron chi connectivity index (χ0n) is 15.7. The zero-order chi connectivity index (χ0) is 18.5. The van der Waals surface area contributed by atoms with Crippen LogP contribution < -0.4 is 15.4 Å². The second-order valence-corrected chi connectivity index (χ2v) is 5.94. The molecule has 0 amide bonds. The molecule has 5 heteroatoms. The Bertz CT molecular complexity index is 659. The van der Waals surface area contributed by atoms with Gasteiger partial charge in [0.05, 0.1) is 6.61 Å². The summed E-state index contributed by atoms with van der Waals surface area (Å²) in [6.45, 7) is 2.21. The molecule has 0 heterocycles. The smallest absolute Gasteiger partial charge is 0.195 e. The third kappa shape index (κ3) is 7.57. The molecular formula is C21H29N3O2. The highest BCUT2D eigenvalue weighted by Crippen LogP contribution is 2.17. The molecule has 26 heavy (non-hydrogen) atoms. The Morgan fingerprint density at radius 1 is 1.00 bits per heavy atom. The van der Waals surface area contributed by atoms with Crippen molar-refractivity contribution in [3.05, 3.63) is 60.2 Å². The van der Waals surface area contributed by atoms with E-state index in [9.17, 15) is 0 Å². The van der Waals surface area contributed by atoms with Crippen LogP contribution in [-0.4, -0.2) is 39.9 Å². The van der Waals surface area contributed by atoms with Crippen LogP contribution in [-0.2, 0) is 11.2 Å². The number of hydrogen-bond donors (Lipinski definition) is 2. The number of ether oxygens (including phenoxy) is 2. The van der Waals surface area contributed by atoms with Gasteiger partial charge in [0.15, 0.2) is 5.96 Å². The molecule has 0 fully saturated rings. The van der Waals surface area contributed by atoms with Gasteiger partial charge in [-0.2, -0.15) is 0 Å². The molecule has 0 aliphatic heterocycles. The minimum Gasteiger partial charge on any atom is -0.493 e. The number of nitrogens with zero attached hydrogens (tertiary/aromatic N) is 1. The van der Waals surface area contributed by atoms with Gasteiger partial charge in [-0.15, -0.1) is 0 Å². The maximum Gasteiger partial charge on any atom is 0.195 e. The van der Waals surface area contributed by atoms with Crippen molar-refractivity contribution in [2.45, 2.75) is 19.3 Å². The Morgan fingerprint density at radius 2 is 1.85 bits per heavy atom. The van der Waals surface area contributed by atoms with Crippen molar-refractivity contribution in [1.82, 2.24) is 5.32 Å². The van der Waals surface area contributed by atoms with E-state index in [-0.39, 0.29) is 0 Å². The summed E-state index contributed by atoms with van der Waals surface area (Å²) >= 11 is 0. The SMILES string of the molecule is CN=C(NCCCc1ccccc1)Nc1cccc(OCCCOC)c1. The van der Waals surface area contributed by atoms with Gasteiger partial charge in [0.1, 0.15) is 5.75 Å². The summed E-state index contributed by atoms with van der Waals surface area (Å²) in [6.07, 6.45) is 2.97. The highest BCUT2D eigenvalue weighted by Gasteiger charge is 2.01. The van der Waals surface area contributed by atoms with Crippen molar-refractivity contribution in [2.24, 2.45) is 4.99 Å². The van der Waals surface area contributed by atoms with E-state index in [0.717, 1.165) is 43.2 Å². The van der Waals surface area contributed by atoms with Gasteiger partial charge in [0, 0.05) is 45.5 Å². The van der Waals surface area contributed by atoms with E-state index in [4.69, 9.17) is 9.47 Å². The van der Waals surface area contributed by atoms with Crippen LogP contribution in [0.2, 0.25) is 0 Å². The van der Waals surface area contributed by atoms with Crippen LogP contribution in [0.4, 0.5) is 5.69 Å². The van der Waals surface area contributed by atoms with Crippen LogP contribution in [0.3, 0.4) is 0 Å². The predicted octanol–water partition coefficient (Wildman–Crippen LogP) is 3.72. The molecule has 0 aliphatic rings. The number of aliphatic imine (C=N–C) groups is 1. The van der Waals surface area contributed by atoms with Gasteiger partial charge in [-0.05, 0) is 30.5 Å². The lowest BCUT2D eigenvalue weighted by molar-refractivity contribution is 0.172. The van der Waals surface area contributed by atoms with Crippen molar-refractivity contribution in [3.8, 4) is 5.75 Å². The van der Waals surface area contributed by atoms with Crippen molar-refractivity contribution in [3.63, 3.8) is 0 Å². The fourth-order valence-electron chi connectivity index (χ4n) is 2.52. The van der Waals surface area contributed by atoms with Crippen molar-refractivity contribution in [1.29, 1.82) is 0 Å². The third-order valence-corrected chi connectivity index (χ3v) is 3.86. The molecule has 0 saturated carbocycles. The molecule has 0 aromatic heterocycles. The van der Waals surface area contributed by atoms with Crippen LogP contribution in [0.5, 0.6) is 5.75 Å². The number of rotatable bonds is 10. The van der Waals surface area contributed by atoms with Crippen molar-refractivity contribution < 1.29 is 9.47 Å². The van der Waals surface area contributed by atoms with Gasteiger partial charge in [-0.3, -0.25) is 4.99 Å². The van der Waals surface area contributed by atoms with Gasteiger partial charge in [0.25, 0.3) is 0 Å². The zero-order valence-corrected chi connectivity index (χ0v) is 15.7. The van der Waals surface area contributed by atoms with E-state index in [1.807, 2.05) is 30.3 Å². The maximum absolute atomic E-state index is 5.73. The quantitative estimate of drug-likeness (QED) is 0.387. The Hall–Kier alpha value is -2.53. The standard InChI is InChI=1S/C21H29N3O2/c1-22-21(23-14-7-11-18-9-4-3-5-10-18)24-19-12-6-13-20(17-19)26-16-8-15-25-2/h3-6,9-10,12-13,17H,7-8,11,14-16H2,1-2H3,(H2,22,23,24). The van der Waals surface area contributed by atoms with E-state index < -0.39 is 0 Å². The maximum atomic E-state index is 5.73. The number of benzene rings is 2. The van der Waals surface area contributed by atoms with E-state index in [2.05, 4.69) is 39.9 Å². The largest absolute Gasteiger partial charge is 0.493 e. The lowest BCUT2D eigenvalue weighted by Gasteiger charge is -2.13. The Kier molecular flexibility index (Phi) is 9.08. The summed E-state index contributed by atoms with van der Waals surface area (Å²) in [5, 5.41) is 6.65. The van der Waals surface area contributed by atoms with Gasteiger partial charge in [0.2, 0.25) is 0 Å². The molecule has 0 unspecified atom stereocenters. The minimum atomic E-state index is 0.643. The van der Waals surface area contributed by atoms with Crippen molar-refractivity contribution >= 4 is 11.6 Å². The first kappa shape index (κ1) is 19.8. The first-order valence-electron chi connectivity index (χ1n) is 9.05. The molecule has 2 aromatic carbocycles. The monoisotopic (exact) mass is 355 g/mol. The number of aryl methyl sites for hydroxylation is 1. The van der Waals surface area contributed by atoms with E-state index in [1.165, 1.54) is 5.56 Å². The average Bonchev–Trinajstić information content (AvgIpc) is 2.69. The second-order valence-electron chi connectivity index (χ2n) is 5.94. The topological polar surface area (TPSA) is 54.9 Å². The van der Waals surface area contributed by atoms with Crippen LogP contribution in [0, 0.1) is 0 Å². The number of anilines is 1. The predicted molar refractivity (Wildman–Crippen MR) is 108 cm³/mol. The van der Waals surface area contributed by atoms with Crippen LogP contribution in [0.1, 0.15) is 18.4 Å². The molecular weight excluding hydrogens is 326 g/mol. The van der Waals surface area contributed by atoms with E-state index in [0.29, 0.717) is 13.2 Å². The Morgan fingerprint density at radius 3 is 2.62 bits per heavy atom. The van der Waals surface area contributed by atoms with Gasteiger partial charge < -0.3 is 20.1 Å². The summed E-state index contributed by atoms with van der Waals surface area (Å²) < 4.78 is 10.8. The minimum absolute atomic E-state index is 0.643. The van der Waals surface area contributed by atoms with E-state index >= 15 is 0 Å². The summed E-state index contributed by atoms with van der Waals surface area (Å²) in [5.74, 6) is 1.60. The third-order valence-electron chi connectivity index (χ3n) is 3.86. The molecule has 0 atom stereocenters. The van der Waals surface area contributed by atoms with Crippen LogP contribution >= 0.6 is 0 Å². The van der Waals surface area contributed by atoms with Gasteiger partial charge >= 0.3 is 0 Å². The van der Waals surface area contributed by atoms with Crippen LogP contribution in [0.25, 0.3) is 0 Å². The molecule has 2 aromatic rings. The lowest BCUT2D eigenvalue weighted by atomic mass is 10.1. The van der Waals surface area contributed by atoms with Gasteiger partial charge in [-0.25, -0.2) is 0 Å². The molecule has 0 radical (unpaired) electrons. The molecule has 0 aliphatic carbocycles. The van der Waals surface area contributed by atoms with E-state index in [1.54, 1.807) is 14.2 Å². The first-order chi connectivity index (χ1) is 12.8. The lowest BCUT2D eigenvalue weighted by Crippen LogP contribution is -2.31. The fourth-order valence-corrected chi connectivity index (χ4v) is 2.52. The summed E-state index contributed by atoms with van der Waals surface area (Å²) in [6, 6.07) is 18.4. The normalized spacial score (nSPS) is 11.2. The molecule has 140 valence electrons. The number of nitrogens with one attached hydrogen (secondary N) is 2. The summed E-state index contributed by atoms with van der Waals surface area (Å²) in [5.41, 5.74) is 2.31. The number of hydrogen-bond acceptors (Lipinski definition) is 3. The first-order valence-corrected chi connectivity index (χ1v) is 9.05. The fraction of sp³-hybridized carbons (Fsp3) is 0.381. The summed E-state index contributed by atoms with van der Waals surface area (Å²) in [4.78, 5) is 4.28. The molecule has 0 spiro atoms. The Labute approximate surface area is 156 Å².